The highest BCUT2D eigenvalue weighted by atomic mass is 35.5. The van der Waals surface area contributed by atoms with Gasteiger partial charge in [0.1, 0.15) is 0 Å². The molecule has 0 spiro atoms. The van der Waals surface area contributed by atoms with Gasteiger partial charge < -0.3 is 0 Å². The van der Waals surface area contributed by atoms with Gasteiger partial charge in [0, 0.05) is 22.7 Å². The number of nitrogens with zero attached hydrogens (tertiary/aromatic N) is 2. The molecule has 140 valence electrons. The summed E-state index contributed by atoms with van der Waals surface area (Å²) in [6, 6.07) is 16.0. The minimum absolute atomic E-state index is 0.0680. The van der Waals surface area contributed by atoms with Gasteiger partial charge in [-0.1, -0.05) is 56.6 Å². The first kappa shape index (κ1) is 19.7. The van der Waals surface area contributed by atoms with Gasteiger partial charge in [0.15, 0.2) is 0 Å². The Kier molecular flexibility index (Phi) is 5.78. The third-order valence-corrected chi connectivity index (χ3v) is 5.66. The Hall–Kier alpha value is -2.04. The molecule has 27 heavy (non-hydrogen) atoms. The fourth-order valence-electron chi connectivity index (χ4n) is 2.76. The van der Waals surface area contributed by atoms with Crippen molar-refractivity contribution in [1.82, 2.24) is 5.01 Å². The van der Waals surface area contributed by atoms with Gasteiger partial charge in [0.25, 0.3) is 5.91 Å². The lowest BCUT2D eigenvalue weighted by Crippen LogP contribution is -2.17. The highest BCUT2D eigenvalue weighted by molar-refractivity contribution is 8.00. The molecule has 0 unspecified atom stereocenters. The predicted octanol–water partition coefficient (Wildman–Crippen LogP) is 5.64. The molecule has 0 saturated carbocycles. The molecule has 0 fully saturated rings. The lowest BCUT2D eigenvalue weighted by Gasteiger charge is -2.18. The molecule has 0 aliphatic carbocycles. The van der Waals surface area contributed by atoms with Gasteiger partial charge in [-0.3, -0.25) is 4.79 Å². The zero-order valence-corrected chi connectivity index (χ0v) is 17.6. The van der Waals surface area contributed by atoms with Crippen LogP contribution in [0.2, 0.25) is 5.02 Å². The molecule has 0 bridgehead atoms. The molecule has 0 atom stereocenters. The van der Waals surface area contributed by atoms with Gasteiger partial charge in [0.2, 0.25) is 0 Å². The molecule has 0 saturated heterocycles. The van der Waals surface area contributed by atoms with Crippen LogP contribution >= 0.6 is 23.4 Å². The van der Waals surface area contributed by atoms with E-state index >= 15 is 0 Å². The number of hydrogen-bond donors (Lipinski definition) is 0. The summed E-state index contributed by atoms with van der Waals surface area (Å²) in [7, 11) is 1.69. The second kappa shape index (κ2) is 7.91. The number of thioether (sulfide) groups is 1. The molecular weight excluding hydrogens is 376 g/mol. The summed E-state index contributed by atoms with van der Waals surface area (Å²) in [6.07, 6.45) is 1.93. The second-order valence-corrected chi connectivity index (χ2v) is 9.03. The van der Waals surface area contributed by atoms with E-state index in [0.717, 1.165) is 16.2 Å². The Bertz CT molecular complexity index is 893. The molecule has 1 heterocycles. The normalized spacial score (nSPS) is 16.2. The van der Waals surface area contributed by atoms with Crippen molar-refractivity contribution < 1.29 is 4.79 Å². The number of hydrazone groups is 1. The summed E-state index contributed by atoms with van der Waals surface area (Å²) in [5, 5.41) is 6.55. The number of benzene rings is 2. The third-order valence-electron chi connectivity index (χ3n) is 4.38. The standard InChI is InChI=1S/C22H23ClN2OS/c1-22(2,3)16-7-5-15(6-8-16)13-19-20(24-25(4)21(19)26)14-27-18-11-9-17(23)10-12-18/h5-13H,14H2,1-4H3. The van der Waals surface area contributed by atoms with Crippen LogP contribution < -0.4 is 0 Å². The largest absolute Gasteiger partial charge is 0.275 e. The number of hydrogen-bond acceptors (Lipinski definition) is 3. The van der Waals surface area contributed by atoms with E-state index in [9.17, 15) is 4.79 Å². The van der Waals surface area contributed by atoms with E-state index < -0.39 is 0 Å². The van der Waals surface area contributed by atoms with Gasteiger partial charge in [-0.15, -0.1) is 11.8 Å². The van der Waals surface area contributed by atoms with E-state index in [0.29, 0.717) is 16.3 Å². The van der Waals surface area contributed by atoms with E-state index in [1.807, 2.05) is 30.3 Å². The Morgan fingerprint density at radius 2 is 1.70 bits per heavy atom. The van der Waals surface area contributed by atoms with Crippen LogP contribution in [0.1, 0.15) is 31.9 Å². The Labute approximate surface area is 170 Å². The topological polar surface area (TPSA) is 32.7 Å². The summed E-state index contributed by atoms with van der Waals surface area (Å²) in [6.45, 7) is 6.57. The SMILES string of the molecule is CN1N=C(CSc2ccc(Cl)cc2)C(=Cc2ccc(C(C)(C)C)cc2)C1=O. The first-order chi connectivity index (χ1) is 12.7. The Morgan fingerprint density at radius 1 is 1.07 bits per heavy atom. The monoisotopic (exact) mass is 398 g/mol. The maximum absolute atomic E-state index is 12.5. The van der Waals surface area contributed by atoms with Gasteiger partial charge >= 0.3 is 0 Å². The summed E-state index contributed by atoms with van der Waals surface area (Å²) in [4.78, 5) is 13.6. The summed E-state index contributed by atoms with van der Waals surface area (Å²) < 4.78 is 0. The number of amides is 1. The molecule has 1 aliphatic heterocycles. The van der Waals surface area contributed by atoms with Crippen molar-refractivity contribution in [3.8, 4) is 0 Å². The van der Waals surface area contributed by atoms with Crippen molar-refractivity contribution in [2.45, 2.75) is 31.1 Å². The molecule has 2 aromatic carbocycles. The van der Waals surface area contributed by atoms with Crippen molar-refractivity contribution in [1.29, 1.82) is 0 Å². The van der Waals surface area contributed by atoms with E-state index in [1.165, 1.54) is 10.6 Å². The zero-order valence-electron chi connectivity index (χ0n) is 16.0. The molecule has 3 nitrogen and oxygen atoms in total. The molecule has 0 radical (unpaired) electrons. The van der Waals surface area contributed by atoms with Gasteiger partial charge in [-0.25, -0.2) is 5.01 Å². The van der Waals surface area contributed by atoms with Gasteiger partial charge in [-0.05, 0) is 46.9 Å². The van der Waals surface area contributed by atoms with Crippen LogP contribution in [-0.2, 0) is 10.2 Å². The Morgan fingerprint density at radius 3 is 2.30 bits per heavy atom. The van der Waals surface area contributed by atoms with Gasteiger partial charge in [-0.2, -0.15) is 5.10 Å². The van der Waals surface area contributed by atoms with E-state index in [2.05, 4.69) is 50.1 Å². The number of carbonyl (C=O) groups is 1. The minimum atomic E-state index is -0.0680. The number of likely N-dealkylation sites (N-methyl/N-ethyl adjacent to an activating group) is 1. The van der Waals surface area contributed by atoms with Crippen LogP contribution in [0.25, 0.3) is 6.08 Å². The van der Waals surface area contributed by atoms with Gasteiger partial charge in [0.05, 0.1) is 11.3 Å². The Balaban J connectivity index is 1.79. The highest BCUT2D eigenvalue weighted by Crippen LogP contribution is 2.26. The van der Waals surface area contributed by atoms with E-state index in [1.54, 1.807) is 18.8 Å². The van der Waals surface area contributed by atoms with Crippen LogP contribution in [0.5, 0.6) is 0 Å². The molecule has 1 amide bonds. The first-order valence-corrected chi connectivity index (χ1v) is 10.2. The first-order valence-electron chi connectivity index (χ1n) is 8.80. The number of rotatable bonds is 4. The van der Waals surface area contributed by atoms with Crippen molar-refractivity contribution >= 4 is 41.1 Å². The quantitative estimate of drug-likeness (QED) is 0.493. The predicted molar refractivity (Wildman–Crippen MR) is 116 cm³/mol. The average molecular weight is 399 g/mol. The van der Waals surface area contributed by atoms with E-state index in [-0.39, 0.29) is 11.3 Å². The zero-order chi connectivity index (χ0) is 19.6. The smallest absolute Gasteiger partial charge is 0.267 e. The van der Waals surface area contributed by atoms with Crippen LogP contribution in [0.15, 0.2) is 64.1 Å². The van der Waals surface area contributed by atoms with Crippen LogP contribution in [-0.4, -0.2) is 29.4 Å². The van der Waals surface area contributed by atoms with Crippen molar-refractivity contribution in [2.75, 3.05) is 12.8 Å². The fourth-order valence-corrected chi connectivity index (χ4v) is 3.73. The lowest BCUT2D eigenvalue weighted by atomic mass is 9.86. The van der Waals surface area contributed by atoms with Crippen LogP contribution in [0, 0.1) is 0 Å². The third kappa shape index (κ3) is 4.82. The molecule has 5 heteroatoms. The van der Waals surface area contributed by atoms with Crippen molar-refractivity contribution in [3.05, 3.63) is 70.3 Å². The van der Waals surface area contributed by atoms with Crippen molar-refractivity contribution in [3.63, 3.8) is 0 Å². The molecule has 2 aromatic rings. The maximum Gasteiger partial charge on any atom is 0.275 e. The summed E-state index contributed by atoms with van der Waals surface area (Å²) in [5.41, 5.74) is 3.83. The number of halogens is 1. The van der Waals surface area contributed by atoms with Crippen LogP contribution in [0.4, 0.5) is 0 Å². The highest BCUT2D eigenvalue weighted by Gasteiger charge is 2.27. The van der Waals surface area contributed by atoms with Crippen molar-refractivity contribution in [2.24, 2.45) is 5.10 Å². The van der Waals surface area contributed by atoms with E-state index in [4.69, 9.17) is 11.6 Å². The molecular formula is C22H23ClN2OS. The summed E-state index contributed by atoms with van der Waals surface area (Å²) >= 11 is 7.58. The molecule has 0 aromatic heterocycles. The second-order valence-electron chi connectivity index (χ2n) is 7.55. The fraction of sp³-hybridized carbons (Fsp3) is 0.273. The van der Waals surface area contributed by atoms with Crippen LogP contribution in [0.3, 0.4) is 0 Å². The number of carbonyl (C=O) groups excluding carboxylic acids is 1. The lowest BCUT2D eigenvalue weighted by molar-refractivity contribution is -0.124. The molecule has 0 N–H and O–H groups in total. The average Bonchev–Trinajstić information content (AvgIpc) is 2.89. The minimum Gasteiger partial charge on any atom is -0.267 e. The maximum atomic E-state index is 12.5. The molecule has 3 rings (SSSR count). The summed E-state index contributed by atoms with van der Waals surface area (Å²) in [5.74, 6) is 0.561. The molecule has 1 aliphatic rings.